The van der Waals surface area contributed by atoms with E-state index in [0.29, 0.717) is 54.5 Å². The van der Waals surface area contributed by atoms with Crippen LogP contribution in [0.15, 0.2) is 91.0 Å². The molecule has 218 valence electrons. The van der Waals surface area contributed by atoms with Crippen LogP contribution in [0.2, 0.25) is 0 Å². The Labute approximate surface area is 247 Å². The van der Waals surface area contributed by atoms with Gasteiger partial charge in [-0.3, -0.25) is 14.9 Å². The fourth-order valence-corrected chi connectivity index (χ4v) is 4.39. The zero-order chi connectivity index (χ0) is 30.2. The first-order chi connectivity index (χ1) is 20.9. The summed E-state index contributed by atoms with van der Waals surface area (Å²) in [6.07, 6.45) is 0.856. The number of hydrogen-bond donors (Lipinski definition) is 0. The molecule has 0 aliphatic carbocycles. The van der Waals surface area contributed by atoms with Crippen LogP contribution in [0.4, 0.5) is 10.1 Å². The number of fused-ring (bicyclic) bond motifs is 1. The van der Waals surface area contributed by atoms with Gasteiger partial charge in [-0.05, 0) is 60.5 Å². The molecular formula is C33H28FN3O6. The van der Waals surface area contributed by atoms with Crippen LogP contribution >= 0.6 is 0 Å². The van der Waals surface area contributed by atoms with E-state index in [1.54, 1.807) is 43.3 Å². The van der Waals surface area contributed by atoms with Crippen LogP contribution in [0.1, 0.15) is 25.3 Å². The molecule has 0 saturated carbocycles. The number of halogens is 1. The van der Waals surface area contributed by atoms with Crippen molar-refractivity contribution in [3.05, 3.63) is 112 Å². The maximum Gasteiger partial charge on any atom is 0.305 e. The van der Waals surface area contributed by atoms with Gasteiger partial charge in [0, 0.05) is 41.3 Å². The SMILES string of the molecule is CCOC(=O)CCCOc1ccc2cc(-c3nc(OCc4ccccc4F)cc(-c4ccc([N+](=O)[O-])cc4)n3)ccc2c1. The fourth-order valence-electron chi connectivity index (χ4n) is 4.39. The molecule has 0 bridgehead atoms. The Balaban J connectivity index is 1.40. The number of non-ortho nitro benzene ring substituents is 1. The number of nitro groups is 1. The molecule has 9 nitrogen and oxygen atoms in total. The van der Waals surface area contributed by atoms with Crippen molar-refractivity contribution in [1.82, 2.24) is 9.97 Å². The van der Waals surface area contributed by atoms with Crippen LogP contribution in [0.25, 0.3) is 33.4 Å². The normalized spacial score (nSPS) is 10.8. The van der Waals surface area contributed by atoms with Crippen molar-refractivity contribution >= 4 is 22.4 Å². The molecule has 0 spiro atoms. The Bertz CT molecular complexity index is 1760. The number of hydrogen-bond acceptors (Lipinski definition) is 8. The van der Waals surface area contributed by atoms with E-state index >= 15 is 0 Å². The van der Waals surface area contributed by atoms with E-state index in [9.17, 15) is 19.3 Å². The average molecular weight is 582 g/mol. The van der Waals surface area contributed by atoms with Crippen molar-refractivity contribution in [3.8, 4) is 34.3 Å². The van der Waals surface area contributed by atoms with E-state index in [-0.39, 0.29) is 30.0 Å². The standard InChI is InChI=1S/C33H28FN3O6/c1-2-41-32(38)8-5-17-42-28-16-13-23-18-25(10-9-24(23)19-28)33-35-30(22-11-14-27(15-12-22)37(39)40)20-31(36-33)43-21-26-6-3-4-7-29(26)34/h3-4,6-7,9-16,18-20H,2,5,8,17,21H2,1H3. The first-order valence-electron chi connectivity index (χ1n) is 13.7. The third-order valence-electron chi connectivity index (χ3n) is 6.58. The lowest BCUT2D eigenvalue weighted by atomic mass is 10.1. The molecule has 0 amide bonds. The summed E-state index contributed by atoms with van der Waals surface area (Å²) in [5.41, 5.74) is 2.19. The number of carbonyl (C=O) groups is 1. The summed E-state index contributed by atoms with van der Waals surface area (Å²) in [6, 6.07) is 25.4. The molecule has 0 N–H and O–H groups in total. The quantitative estimate of drug-likeness (QED) is 0.0652. The van der Waals surface area contributed by atoms with Gasteiger partial charge in [0.2, 0.25) is 5.88 Å². The van der Waals surface area contributed by atoms with Gasteiger partial charge >= 0.3 is 5.97 Å². The van der Waals surface area contributed by atoms with Gasteiger partial charge in [0.1, 0.15) is 18.2 Å². The minimum absolute atomic E-state index is 0.0362. The first kappa shape index (κ1) is 29.1. The van der Waals surface area contributed by atoms with Gasteiger partial charge in [-0.1, -0.05) is 36.4 Å². The predicted octanol–water partition coefficient (Wildman–Crippen LogP) is 7.31. The second-order valence-corrected chi connectivity index (χ2v) is 9.58. The highest BCUT2D eigenvalue weighted by molar-refractivity contribution is 5.87. The number of carbonyl (C=O) groups excluding carboxylic acids is 1. The highest BCUT2D eigenvalue weighted by Crippen LogP contribution is 2.30. The highest BCUT2D eigenvalue weighted by atomic mass is 19.1. The third kappa shape index (κ3) is 7.48. The third-order valence-corrected chi connectivity index (χ3v) is 6.58. The van der Waals surface area contributed by atoms with Gasteiger partial charge in [0.05, 0.1) is 23.8 Å². The van der Waals surface area contributed by atoms with E-state index in [0.717, 1.165) is 16.3 Å². The Hall–Kier alpha value is -5.38. The molecule has 0 saturated heterocycles. The second kappa shape index (κ2) is 13.5. The lowest BCUT2D eigenvalue weighted by Gasteiger charge is -2.12. The van der Waals surface area contributed by atoms with Crippen molar-refractivity contribution < 1.29 is 28.3 Å². The van der Waals surface area contributed by atoms with Crippen LogP contribution in [0.3, 0.4) is 0 Å². The summed E-state index contributed by atoms with van der Waals surface area (Å²) < 4.78 is 30.9. The zero-order valence-corrected chi connectivity index (χ0v) is 23.4. The molecule has 43 heavy (non-hydrogen) atoms. The highest BCUT2D eigenvalue weighted by Gasteiger charge is 2.13. The lowest BCUT2D eigenvalue weighted by Crippen LogP contribution is -2.06. The molecule has 5 rings (SSSR count). The average Bonchev–Trinajstić information content (AvgIpc) is 3.02. The first-order valence-corrected chi connectivity index (χ1v) is 13.7. The molecule has 5 aromatic rings. The smallest absolute Gasteiger partial charge is 0.305 e. The van der Waals surface area contributed by atoms with Gasteiger partial charge in [0.15, 0.2) is 5.82 Å². The molecule has 1 aromatic heterocycles. The molecule has 0 atom stereocenters. The Morgan fingerprint density at radius 3 is 2.40 bits per heavy atom. The topological polar surface area (TPSA) is 114 Å². The van der Waals surface area contributed by atoms with Crippen molar-refractivity contribution in [3.63, 3.8) is 0 Å². The van der Waals surface area contributed by atoms with E-state index in [4.69, 9.17) is 19.2 Å². The van der Waals surface area contributed by atoms with Gasteiger partial charge in [-0.15, -0.1) is 0 Å². The molecule has 0 aliphatic rings. The van der Waals surface area contributed by atoms with Crippen molar-refractivity contribution in [2.45, 2.75) is 26.4 Å². The largest absolute Gasteiger partial charge is 0.494 e. The predicted molar refractivity (Wildman–Crippen MR) is 159 cm³/mol. The summed E-state index contributed by atoms with van der Waals surface area (Å²) in [5.74, 6) is 0.667. The molecular weight excluding hydrogens is 553 g/mol. The molecule has 1 heterocycles. The summed E-state index contributed by atoms with van der Waals surface area (Å²) in [5, 5.41) is 13.0. The van der Waals surface area contributed by atoms with E-state index in [1.807, 2.05) is 36.4 Å². The second-order valence-electron chi connectivity index (χ2n) is 9.58. The van der Waals surface area contributed by atoms with Crippen molar-refractivity contribution in [1.29, 1.82) is 0 Å². The van der Waals surface area contributed by atoms with Gasteiger partial charge in [-0.2, -0.15) is 4.98 Å². The Morgan fingerprint density at radius 2 is 1.63 bits per heavy atom. The number of ether oxygens (including phenoxy) is 3. The molecule has 4 aromatic carbocycles. The number of esters is 1. The summed E-state index contributed by atoms with van der Waals surface area (Å²) in [7, 11) is 0. The molecule has 0 aliphatic heterocycles. The maximum atomic E-state index is 14.2. The molecule has 0 unspecified atom stereocenters. The monoisotopic (exact) mass is 581 g/mol. The molecule has 0 radical (unpaired) electrons. The lowest BCUT2D eigenvalue weighted by molar-refractivity contribution is -0.384. The molecule has 0 fully saturated rings. The molecule has 10 heteroatoms. The van der Waals surface area contributed by atoms with E-state index in [2.05, 4.69) is 4.98 Å². The van der Waals surface area contributed by atoms with Crippen molar-refractivity contribution in [2.75, 3.05) is 13.2 Å². The van der Waals surface area contributed by atoms with E-state index < -0.39 is 4.92 Å². The summed E-state index contributed by atoms with van der Waals surface area (Å²) >= 11 is 0. The minimum Gasteiger partial charge on any atom is -0.494 e. The number of rotatable bonds is 12. The fraction of sp³-hybridized carbons (Fsp3) is 0.182. The number of nitrogens with zero attached hydrogens (tertiary/aromatic N) is 3. The van der Waals surface area contributed by atoms with Gasteiger partial charge in [-0.25, -0.2) is 9.37 Å². The van der Waals surface area contributed by atoms with Crippen LogP contribution < -0.4 is 9.47 Å². The van der Waals surface area contributed by atoms with Crippen LogP contribution in [0.5, 0.6) is 11.6 Å². The van der Waals surface area contributed by atoms with Crippen LogP contribution in [-0.2, 0) is 16.1 Å². The van der Waals surface area contributed by atoms with Gasteiger partial charge in [0.25, 0.3) is 5.69 Å². The van der Waals surface area contributed by atoms with Crippen molar-refractivity contribution in [2.24, 2.45) is 0 Å². The van der Waals surface area contributed by atoms with E-state index in [1.165, 1.54) is 18.2 Å². The Morgan fingerprint density at radius 1 is 0.884 bits per heavy atom. The Kier molecular flexibility index (Phi) is 9.16. The zero-order valence-electron chi connectivity index (χ0n) is 23.4. The maximum absolute atomic E-state index is 14.2. The number of benzene rings is 4. The summed E-state index contributed by atoms with van der Waals surface area (Å²) in [4.78, 5) is 31.5. The number of aromatic nitrogens is 2. The van der Waals surface area contributed by atoms with Gasteiger partial charge < -0.3 is 14.2 Å². The minimum atomic E-state index is -0.465. The van der Waals surface area contributed by atoms with Crippen LogP contribution in [-0.4, -0.2) is 34.1 Å². The summed E-state index contributed by atoms with van der Waals surface area (Å²) in [6.45, 7) is 2.49. The number of nitro benzene ring substituents is 1. The van der Waals surface area contributed by atoms with Crippen LogP contribution in [0, 0.1) is 15.9 Å².